The lowest BCUT2D eigenvalue weighted by atomic mass is 9.85. The van der Waals surface area contributed by atoms with E-state index in [1.54, 1.807) is 7.11 Å². The van der Waals surface area contributed by atoms with Crippen LogP contribution in [0.5, 0.6) is 0 Å². The number of hydrogen-bond acceptors (Lipinski definition) is 4. The normalized spacial score (nSPS) is 18.9. The van der Waals surface area contributed by atoms with Gasteiger partial charge in [-0.05, 0) is 12.8 Å². The Morgan fingerprint density at radius 1 is 1.35 bits per heavy atom. The van der Waals surface area contributed by atoms with Gasteiger partial charge in [0.05, 0.1) is 18.8 Å². The lowest BCUT2D eigenvalue weighted by Crippen LogP contribution is -2.45. The number of ether oxygens (including phenoxy) is 1. The van der Waals surface area contributed by atoms with Gasteiger partial charge in [0.15, 0.2) is 0 Å². The van der Waals surface area contributed by atoms with Gasteiger partial charge in [-0.3, -0.25) is 4.79 Å². The fraction of sp³-hybridized carbons (Fsp3) is 0.917. The zero-order chi connectivity index (χ0) is 12.6. The molecule has 0 aromatic carbocycles. The van der Waals surface area contributed by atoms with Gasteiger partial charge in [0.2, 0.25) is 5.91 Å². The van der Waals surface area contributed by atoms with E-state index in [4.69, 9.17) is 4.74 Å². The van der Waals surface area contributed by atoms with E-state index in [2.05, 4.69) is 10.6 Å². The molecule has 0 spiro atoms. The molecule has 1 aliphatic rings. The third-order valence-corrected chi connectivity index (χ3v) is 3.15. The molecule has 1 amide bonds. The largest absolute Gasteiger partial charge is 0.389 e. The molecule has 0 unspecified atom stereocenters. The first-order valence-corrected chi connectivity index (χ1v) is 6.35. The van der Waals surface area contributed by atoms with E-state index in [1.807, 2.05) is 0 Å². The van der Waals surface area contributed by atoms with Gasteiger partial charge in [-0.2, -0.15) is 0 Å². The van der Waals surface area contributed by atoms with Crippen LogP contribution < -0.4 is 10.6 Å². The summed E-state index contributed by atoms with van der Waals surface area (Å²) >= 11 is 0. The van der Waals surface area contributed by atoms with E-state index in [1.165, 1.54) is 6.42 Å². The minimum Gasteiger partial charge on any atom is -0.389 e. The van der Waals surface area contributed by atoms with Crippen molar-refractivity contribution in [1.82, 2.24) is 10.6 Å². The Labute approximate surface area is 103 Å². The summed E-state index contributed by atoms with van der Waals surface area (Å²) in [5.41, 5.74) is -0.606. The van der Waals surface area contributed by atoms with Gasteiger partial charge in [-0.15, -0.1) is 0 Å². The van der Waals surface area contributed by atoms with E-state index in [-0.39, 0.29) is 12.5 Å². The molecule has 0 bridgehead atoms. The summed E-state index contributed by atoms with van der Waals surface area (Å²) in [6.45, 7) is 1.81. The Morgan fingerprint density at radius 2 is 2.06 bits per heavy atom. The summed E-state index contributed by atoms with van der Waals surface area (Å²) in [4.78, 5) is 11.4. The Bertz CT molecular complexity index is 228. The van der Waals surface area contributed by atoms with Crippen molar-refractivity contribution >= 4 is 5.91 Å². The molecule has 1 fully saturated rings. The van der Waals surface area contributed by atoms with Crippen LogP contribution in [-0.4, -0.2) is 50.0 Å². The monoisotopic (exact) mass is 244 g/mol. The number of methoxy groups -OCH3 is 1. The maximum Gasteiger partial charge on any atom is 0.234 e. The summed E-state index contributed by atoms with van der Waals surface area (Å²) in [6, 6.07) is 0. The number of carbonyl (C=O) groups excluding carboxylic acids is 1. The predicted molar refractivity (Wildman–Crippen MR) is 65.8 cm³/mol. The van der Waals surface area contributed by atoms with Crippen LogP contribution in [0.1, 0.15) is 32.1 Å². The molecule has 1 saturated carbocycles. The fourth-order valence-corrected chi connectivity index (χ4v) is 2.15. The van der Waals surface area contributed by atoms with E-state index < -0.39 is 5.60 Å². The van der Waals surface area contributed by atoms with Crippen molar-refractivity contribution in [3.05, 3.63) is 0 Å². The van der Waals surface area contributed by atoms with Crippen LogP contribution in [0.15, 0.2) is 0 Å². The van der Waals surface area contributed by atoms with Crippen molar-refractivity contribution in [3.63, 3.8) is 0 Å². The second-order valence-electron chi connectivity index (χ2n) is 4.73. The Hall–Kier alpha value is -0.650. The van der Waals surface area contributed by atoms with Gasteiger partial charge in [-0.1, -0.05) is 19.3 Å². The minimum absolute atomic E-state index is 0.0542. The Kier molecular flexibility index (Phi) is 6.47. The zero-order valence-corrected chi connectivity index (χ0v) is 10.6. The molecule has 0 radical (unpaired) electrons. The predicted octanol–water partition coefficient (Wildman–Crippen LogP) is 0.0338. The van der Waals surface area contributed by atoms with Crippen molar-refractivity contribution in [1.29, 1.82) is 0 Å². The zero-order valence-electron chi connectivity index (χ0n) is 10.6. The molecule has 1 rings (SSSR count). The van der Waals surface area contributed by atoms with Crippen molar-refractivity contribution in [2.45, 2.75) is 37.7 Å². The molecule has 5 nitrogen and oxygen atoms in total. The first-order valence-electron chi connectivity index (χ1n) is 6.35. The second kappa shape index (κ2) is 7.63. The number of hydrogen-bond donors (Lipinski definition) is 3. The SMILES string of the molecule is COCCNC(=O)CNCC1(O)CCCCC1. The molecule has 0 atom stereocenters. The van der Waals surface area contributed by atoms with Gasteiger partial charge in [0.25, 0.3) is 0 Å². The van der Waals surface area contributed by atoms with E-state index in [0.717, 1.165) is 25.7 Å². The second-order valence-corrected chi connectivity index (χ2v) is 4.73. The van der Waals surface area contributed by atoms with Crippen molar-refractivity contribution in [2.75, 3.05) is 33.4 Å². The average molecular weight is 244 g/mol. The molecule has 0 aliphatic heterocycles. The van der Waals surface area contributed by atoms with Crippen LogP contribution in [0, 0.1) is 0 Å². The van der Waals surface area contributed by atoms with Crippen LogP contribution in [0.4, 0.5) is 0 Å². The lowest BCUT2D eigenvalue weighted by Gasteiger charge is -2.32. The van der Waals surface area contributed by atoms with Crippen molar-refractivity contribution in [2.24, 2.45) is 0 Å². The van der Waals surface area contributed by atoms with Crippen molar-refractivity contribution in [3.8, 4) is 0 Å². The summed E-state index contributed by atoms with van der Waals surface area (Å²) in [5.74, 6) is -0.0542. The third-order valence-electron chi connectivity index (χ3n) is 3.15. The standard InChI is InChI=1S/C12H24N2O3/c1-17-8-7-14-11(15)9-13-10-12(16)5-3-2-4-6-12/h13,16H,2-10H2,1H3,(H,14,15). The number of amides is 1. The smallest absolute Gasteiger partial charge is 0.234 e. The summed E-state index contributed by atoms with van der Waals surface area (Å²) in [7, 11) is 1.60. The van der Waals surface area contributed by atoms with Crippen molar-refractivity contribution < 1.29 is 14.6 Å². The molecule has 0 saturated heterocycles. The molecule has 3 N–H and O–H groups in total. The van der Waals surface area contributed by atoms with Gasteiger partial charge < -0.3 is 20.5 Å². The Morgan fingerprint density at radius 3 is 2.71 bits per heavy atom. The quantitative estimate of drug-likeness (QED) is 0.553. The van der Waals surface area contributed by atoms with Gasteiger partial charge >= 0.3 is 0 Å². The number of rotatable bonds is 7. The first-order chi connectivity index (χ1) is 8.16. The molecule has 1 aliphatic carbocycles. The third kappa shape index (κ3) is 6.00. The van der Waals surface area contributed by atoms with E-state index in [0.29, 0.717) is 19.7 Å². The van der Waals surface area contributed by atoms with E-state index >= 15 is 0 Å². The summed E-state index contributed by atoms with van der Waals surface area (Å²) in [5, 5.41) is 15.9. The van der Waals surface area contributed by atoms with Crippen LogP contribution >= 0.6 is 0 Å². The molecular weight excluding hydrogens is 220 g/mol. The number of carbonyl (C=O) groups is 1. The fourth-order valence-electron chi connectivity index (χ4n) is 2.15. The molecule has 0 aromatic heterocycles. The molecule has 0 aromatic rings. The maximum absolute atomic E-state index is 11.4. The highest BCUT2D eigenvalue weighted by Crippen LogP contribution is 2.27. The first kappa shape index (κ1) is 14.4. The highest BCUT2D eigenvalue weighted by Gasteiger charge is 2.28. The highest BCUT2D eigenvalue weighted by molar-refractivity contribution is 5.77. The molecule has 0 heterocycles. The van der Waals surface area contributed by atoms with Crippen LogP contribution in [0.25, 0.3) is 0 Å². The van der Waals surface area contributed by atoms with Crippen LogP contribution in [0.3, 0.4) is 0 Å². The Balaban J connectivity index is 2.07. The highest BCUT2D eigenvalue weighted by atomic mass is 16.5. The average Bonchev–Trinajstić information content (AvgIpc) is 2.30. The lowest BCUT2D eigenvalue weighted by molar-refractivity contribution is -0.120. The number of aliphatic hydroxyl groups is 1. The summed E-state index contributed by atoms with van der Waals surface area (Å²) < 4.78 is 4.83. The van der Waals surface area contributed by atoms with Gasteiger partial charge in [0, 0.05) is 20.2 Å². The van der Waals surface area contributed by atoms with Crippen LogP contribution in [-0.2, 0) is 9.53 Å². The number of nitrogens with one attached hydrogen (secondary N) is 2. The van der Waals surface area contributed by atoms with E-state index in [9.17, 15) is 9.90 Å². The molecule has 5 heteroatoms. The molecule has 17 heavy (non-hydrogen) atoms. The summed E-state index contributed by atoms with van der Waals surface area (Å²) in [6.07, 6.45) is 5.05. The maximum atomic E-state index is 11.4. The minimum atomic E-state index is -0.606. The topological polar surface area (TPSA) is 70.6 Å². The van der Waals surface area contributed by atoms with Gasteiger partial charge in [0.1, 0.15) is 0 Å². The van der Waals surface area contributed by atoms with Crippen LogP contribution in [0.2, 0.25) is 0 Å². The molecule has 100 valence electrons. The molecular formula is C12H24N2O3. The van der Waals surface area contributed by atoms with Gasteiger partial charge in [-0.25, -0.2) is 0 Å².